The van der Waals surface area contributed by atoms with E-state index in [1.165, 1.54) is 23.7 Å². The maximum Gasteiger partial charge on any atom is 0.0977 e. The minimum Gasteiger partial charge on any atom is -0.313 e. The van der Waals surface area contributed by atoms with Crippen molar-refractivity contribution in [3.63, 3.8) is 0 Å². The van der Waals surface area contributed by atoms with E-state index in [1.54, 1.807) is 0 Å². The summed E-state index contributed by atoms with van der Waals surface area (Å²) in [5.74, 6) is 0. The molecular weight excluding hydrogens is 170 g/mol. The Balaban J connectivity index is 2.87. The molecule has 2 unspecified atom stereocenters. The van der Waals surface area contributed by atoms with E-state index in [2.05, 4.69) is 39.2 Å². The monoisotopic (exact) mass is 194 g/mol. The Bertz CT molecular complexity index is 185. The lowest BCUT2D eigenvalue weighted by atomic mass is 9.93. The highest BCUT2D eigenvalue weighted by Gasteiger charge is 2.39. The molecule has 0 spiro atoms. The van der Waals surface area contributed by atoms with Crippen LogP contribution >= 0.6 is 0 Å². The number of quaternary nitrogens is 1. The summed E-state index contributed by atoms with van der Waals surface area (Å²) in [5, 5.41) is 0. The normalized spacial score (nSPS) is 31.0. The molecule has 1 rings (SSSR count). The number of likely N-dealkylation sites (tertiary alicyclic amines) is 1. The Hall–Kier alpha value is -0.560. The van der Waals surface area contributed by atoms with Gasteiger partial charge in [-0.25, -0.2) is 0 Å². The van der Waals surface area contributed by atoms with E-state index in [4.69, 9.17) is 0 Å². The van der Waals surface area contributed by atoms with Crippen LogP contribution in [0.4, 0.5) is 0 Å². The fraction of sp³-hybridized carbons (Fsp3) is 0.692. The molecule has 2 atom stereocenters. The van der Waals surface area contributed by atoms with E-state index in [0.29, 0.717) is 0 Å². The Labute approximate surface area is 88.7 Å². The average molecular weight is 194 g/mol. The van der Waals surface area contributed by atoms with Crippen LogP contribution in [-0.2, 0) is 0 Å². The van der Waals surface area contributed by atoms with Crippen LogP contribution in [0.15, 0.2) is 25.3 Å². The van der Waals surface area contributed by atoms with Crippen molar-refractivity contribution in [2.24, 2.45) is 0 Å². The second-order valence-corrected chi connectivity index (χ2v) is 4.67. The third-order valence-corrected chi connectivity index (χ3v) is 3.94. The fourth-order valence-electron chi connectivity index (χ4n) is 2.93. The van der Waals surface area contributed by atoms with Crippen molar-refractivity contribution in [3.8, 4) is 0 Å². The molecule has 0 aromatic heterocycles. The van der Waals surface area contributed by atoms with Gasteiger partial charge in [-0.2, -0.15) is 0 Å². The topological polar surface area (TPSA) is 0 Å². The zero-order valence-corrected chi connectivity index (χ0v) is 9.71. The van der Waals surface area contributed by atoms with Crippen LogP contribution in [0.25, 0.3) is 0 Å². The van der Waals surface area contributed by atoms with Crippen molar-refractivity contribution in [3.05, 3.63) is 25.3 Å². The molecule has 0 saturated carbocycles. The van der Waals surface area contributed by atoms with Gasteiger partial charge in [0.05, 0.1) is 25.2 Å². The van der Waals surface area contributed by atoms with Crippen molar-refractivity contribution in [2.75, 3.05) is 13.1 Å². The molecule has 1 aliphatic heterocycles. The van der Waals surface area contributed by atoms with Crippen LogP contribution in [0.2, 0.25) is 0 Å². The first-order valence-electron chi connectivity index (χ1n) is 5.75. The lowest BCUT2D eigenvalue weighted by Gasteiger charge is -2.50. The van der Waals surface area contributed by atoms with Gasteiger partial charge in [-0.15, -0.1) is 0 Å². The summed E-state index contributed by atoms with van der Waals surface area (Å²) in [6.07, 6.45) is 8.23. The average Bonchev–Trinajstić information content (AvgIpc) is 2.15. The van der Waals surface area contributed by atoms with Gasteiger partial charge in [-0.1, -0.05) is 13.2 Å². The van der Waals surface area contributed by atoms with E-state index < -0.39 is 0 Å². The molecule has 1 nitrogen and oxygen atoms in total. The largest absolute Gasteiger partial charge is 0.313 e. The van der Waals surface area contributed by atoms with E-state index in [-0.39, 0.29) is 0 Å². The second-order valence-electron chi connectivity index (χ2n) is 4.67. The molecule has 0 amide bonds. The van der Waals surface area contributed by atoms with Crippen LogP contribution in [0.3, 0.4) is 0 Å². The number of nitrogens with zero attached hydrogens (tertiary/aromatic N) is 1. The lowest BCUT2D eigenvalue weighted by Crippen LogP contribution is -2.61. The predicted molar refractivity (Wildman–Crippen MR) is 63.2 cm³/mol. The van der Waals surface area contributed by atoms with E-state index in [0.717, 1.165) is 25.2 Å². The molecule has 1 saturated heterocycles. The molecular formula is C13H24N+. The van der Waals surface area contributed by atoms with E-state index >= 15 is 0 Å². The molecule has 0 radical (unpaired) electrons. The molecule has 0 aromatic rings. The van der Waals surface area contributed by atoms with Gasteiger partial charge in [0.15, 0.2) is 0 Å². The first-order valence-corrected chi connectivity index (χ1v) is 5.75. The summed E-state index contributed by atoms with van der Waals surface area (Å²) in [6.45, 7) is 14.7. The highest BCUT2D eigenvalue weighted by Crippen LogP contribution is 2.31. The Morgan fingerprint density at radius 3 is 1.86 bits per heavy atom. The van der Waals surface area contributed by atoms with Gasteiger partial charge < -0.3 is 4.48 Å². The maximum absolute atomic E-state index is 3.90. The minimum absolute atomic E-state index is 0.759. The smallest absolute Gasteiger partial charge is 0.0977 e. The van der Waals surface area contributed by atoms with Crippen molar-refractivity contribution >= 4 is 0 Å². The molecule has 0 N–H and O–H groups in total. The Morgan fingerprint density at radius 2 is 1.50 bits per heavy atom. The van der Waals surface area contributed by atoms with Crippen LogP contribution in [0.5, 0.6) is 0 Å². The third-order valence-electron chi connectivity index (χ3n) is 3.94. The van der Waals surface area contributed by atoms with Crippen LogP contribution < -0.4 is 0 Å². The minimum atomic E-state index is 0.759. The summed E-state index contributed by atoms with van der Waals surface area (Å²) >= 11 is 0. The summed E-state index contributed by atoms with van der Waals surface area (Å²) in [6, 6.07) is 1.52. The van der Waals surface area contributed by atoms with Gasteiger partial charge in [-0.3, -0.25) is 0 Å². The summed E-state index contributed by atoms with van der Waals surface area (Å²) in [4.78, 5) is 0. The van der Waals surface area contributed by atoms with Gasteiger partial charge in [0.25, 0.3) is 0 Å². The van der Waals surface area contributed by atoms with Crippen molar-refractivity contribution < 1.29 is 4.48 Å². The van der Waals surface area contributed by atoms with Gasteiger partial charge >= 0.3 is 0 Å². The molecule has 1 heterocycles. The molecule has 0 aliphatic carbocycles. The van der Waals surface area contributed by atoms with Gasteiger partial charge in [0.1, 0.15) is 0 Å². The predicted octanol–water partition coefficient (Wildman–Crippen LogP) is 3.14. The fourth-order valence-corrected chi connectivity index (χ4v) is 2.93. The Morgan fingerprint density at radius 1 is 1.07 bits per heavy atom. The van der Waals surface area contributed by atoms with Crippen molar-refractivity contribution in [1.82, 2.24) is 0 Å². The van der Waals surface area contributed by atoms with E-state index in [1.807, 2.05) is 0 Å². The second kappa shape index (κ2) is 4.79. The summed E-state index contributed by atoms with van der Waals surface area (Å²) < 4.78 is 1.17. The summed E-state index contributed by atoms with van der Waals surface area (Å²) in [7, 11) is 0. The quantitative estimate of drug-likeness (QED) is 0.476. The van der Waals surface area contributed by atoms with Crippen LogP contribution in [0, 0.1) is 0 Å². The third kappa shape index (κ3) is 1.93. The zero-order chi connectivity index (χ0) is 10.6. The number of rotatable bonds is 4. The highest BCUT2D eigenvalue weighted by molar-refractivity contribution is 4.79. The molecule has 1 fully saturated rings. The number of hydrogen-bond donors (Lipinski definition) is 0. The van der Waals surface area contributed by atoms with E-state index in [9.17, 15) is 0 Å². The van der Waals surface area contributed by atoms with Gasteiger partial charge in [0.2, 0.25) is 0 Å². The molecule has 14 heavy (non-hydrogen) atoms. The number of piperidine rings is 1. The first-order chi connectivity index (χ1) is 6.67. The zero-order valence-electron chi connectivity index (χ0n) is 9.71. The molecule has 1 heteroatoms. The SMILES string of the molecule is C=CC[N+]1(CC=C)C(C)CCCC1C. The van der Waals surface area contributed by atoms with Gasteiger partial charge in [-0.05, 0) is 45.3 Å². The number of hydrogen-bond acceptors (Lipinski definition) is 0. The maximum atomic E-state index is 3.90. The highest BCUT2D eigenvalue weighted by atomic mass is 15.4. The Kier molecular flexibility index (Phi) is 3.94. The first kappa shape index (κ1) is 11.5. The standard InChI is InChI=1S/C13H24N/c1-5-10-14(11-6-2)12(3)8-7-9-13(14)4/h5-6,12-13H,1-2,7-11H2,3-4H3/q+1. The molecule has 0 bridgehead atoms. The van der Waals surface area contributed by atoms with Crippen molar-refractivity contribution in [2.45, 2.75) is 45.2 Å². The van der Waals surface area contributed by atoms with Crippen LogP contribution in [-0.4, -0.2) is 29.7 Å². The van der Waals surface area contributed by atoms with Gasteiger partial charge in [0, 0.05) is 0 Å². The van der Waals surface area contributed by atoms with Crippen molar-refractivity contribution in [1.29, 1.82) is 0 Å². The van der Waals surface area contributed by atoms with Crippen LogP contribution in [0.1, 0.15) is 33.1 Å². The molecule has 80 valence electrons. The molecule has 1 aliphatic rings. The summed E-state index contributed by atoms with van der Waals surface area (Å²) in [5.41, 5.74) is 0. The molecule has 0 aromatic carbocycles. The lowest BCUT2D eigenvalue weighted by molar-refractivity contribution is -0.965.